The molecule has 3 rings (SSSR count). The summed E-state index contributed by atoms with van der Waals surface area (Å²) in [5, 5.41) is 8.86. The Morgan fingerprint density at radius 1 is 1.24 bits per heavy atom. The molecule has 0 aliphatic heterocycles. The lowest BCUT2D eigenvalue weighted by molar-refractivity contribution is -0.139. The highest BCUT2D eigenvalue weighted by Crippen LogP contribution is 2.51. The minimum atomic E-state index is -0.856. The molecule has 0 bridgehead atoms. The molecule has 2 aliphatic carbocycles. The Morgan fingerprint density at radius 2 is 1.86 bits per heavy atom. The average Bonchev–Trinajstić information content (AvgIpc) is 3.33. The zero-order valence-corrected chi connectivity index (χ0v) is 11.9. The number of hydrogen-bond donors (Lipinski definition) is 2. The van der Waals surface area contributed by atoms with E-state index in [9.17, 15) is 9.59 Å². The Morgan fingerprint density at radius 3 is 2.33 bits per heavy atom. The fourth-order valence-electron chi connectivity index (χ4n) is 2.88. The number of rotatable bonds is 6. The molecular formula is C16H20N2O3. The summed E-state index contributed by atoms with van der Waals surface area (Å²) >= 11 is 0. The minimum absolute atomic E-state index is 0.0139. The first-order valence-corrected chi connectivity index (χ1v) is 7.42. The maximum atomic E-state index is 12.9. The van der Waals surface area contributed by atoms with Gasteiger partial charge in [0.1, 0.15) is 0 Å². The molecule has 1 aromatic rings. The molecule has 21 heavy (non-hydrogen) atoms. The lowest BCUT2D eigenvalue weighted by Crippen LogP contribution is -2.42. The van der Waals surface area contributed by atoms with Crippen LogP contribution in [-0.4, -0.2) is 34.5 Å². The number of benzene rings is 1. The first-order chi connectivity index (χ1) is 10.0. The number of amides is 1. The third-order valence-electron chi connectivity index (χ3n) is 4.44. The van der Waals surface area contributed by atoms with E-state index in [0.717, 1.165) is 31.2 Å². The highest BCUT2D eigenvalue weighted by Gasteiger charge is 2.54. The molecule has 0 radical (unpaired) electrons. The van der Waals surface area contributed by atoms with Crippen LogP contribution in [0.5, 0.6) is 0 Å². The van der Waals surface area contributed by atoms with E-state index in [-0.39, 0.29) is 18.4 Å². The van der Waals surface area contributed by atoms with Crippen LogP contribution in [0.4, 0.5) is 5.69 Å². The summed E-state index contributed by atoms with van der Waals surface area (Å²) in [7, 11) is 0. The topological polar surface area (TPSA) is 83.6 Å². The number of aliphatic carboxylic acids is 1. The number of anilines is 1. The number of hydrogen-bond acceptors (Lipinski definition) is 3. The second-order valence-corrected chi connectivity index (χ2v) is 6.08. The summed E-state index contributed by atoms with van der Waals surface area (Å²) in [6.07, 6.45) is 3.67. The molecule has 0 unspecified atom stereocenters. The molecular weight excluding hydrogens is 268 g/mol. The van der Waals surface area contributed by atoms with Gasteiger partial charge in [-0.25, -0.2) is 0 Å². The standard InChI is InChI=1S/C16H20N2O3/c17-12-3-1-11(2-4-12)16(8-9-16)15(21)18(13-5-6-13)10-7-14(19)20/h1-4,13H,5-10,17H2,(H,19,20). The van der Waals surface area contributed by atoms with Gasteiger partial charge in [0.25, 0.3) is 0 Å². The van der Waals surface area contributed by atoms with Crippen molar-refractivity contribution in [2.75, 3.05) is 12.3 Å². The summed E-state index contributed by atoms with van der Waals surface area (Å²) in [6.45, 7) is 0.315. The van der Waals surface area contributed by atoms with Crippen molar-refractivity contribution in [3.8, 4) is 0 Å². The number of carbonyl (C=O) groups is 2. The van der Waals surface area contributed by atoms with Gasteiger partial charge in [-0.15, -0.1) is 0 Å². The highest BCUT2D eigenvalue weighted by atomic mass is 16.4. The third-order valence-corrected chi connectivity index (χ3v) is 4.44. The van der Waals surface area contributed by atoms with Gasteiger partial charge in [-0.2, -0.15) is 0 Å². The average molecular weight is 288 g/mol. The van der Waals surface area contributed by atoms with Crippen LogP contribution in [-0.2, 0) is 15.0 Å². The van der Waals surface area contributed by atoms with Crippen LogP contribution in [0.25, 0.3) is 0 Å². The third kappa shape index (κ3) is 2.73. The van der Waals surface area contributed by atoms with E-state index in [2.05, 4.69) is 0 Å². The van der Waals surface area contributed by atoms with E-state index in [4.69, 9.17) is 10.8 Å². The molecule has 2 saturated carbocycles. The van der Waals surface area contributed by atoms with Gasteiger partial charge in [0, 0.05) is 18.3 Å². The molecule has 112 valence electrons. The van der Waals surface area contributed by atoms with Crippen molar-refractivity contribution in [1.29, 1.82) is 0 Å². The summed E-state index contributed by atoms with van der Waals surface area (Å²) in [6, 6.07) is 7.72. The summed E-state index contributed by atoms with van der Waals surface area (Å²) in [5.41, 5.74) is 6.96. The number of carboxylic acid groups (broad SMARTS) is 1. The lowest BCUT2D eigenvalue weighted by Gasteiger charge is -2.27. The molecule has 0 spiro atoms. The zero-order valence-electron chi connectivity index (χ0n) is 11.9. The van der Waals surface area contributed by atoms with Crippen molar-refractivity contribution in [3.63, 3.8) is 0 Å². The van der Waals surface area contributed by atoms with Crippen LogP contribution < -0.4 is 5.73 Å². The SMILES string of the molecule is Nc1ccc(C2(C(=O)N(CCC(=O)O)C3CC3)CC2)cc1. The fraction of sp³-hybridized carbons (Fsp3) is 0.500. The second-order valence-electron chi connectivity index (χ2n) is 6.08. The predicted octanol–water partition coefficient (Wildman–Crippen LogP) is 1.77. The number of nitrogens with zero attached hydrogens (tertiary/aromatic N) is 1. The van der Waals surface area contributed by atoms with E-state index in [1.807, 2.05) is 24.3 Å². The molecule has 1 amide bonds. The van der Waals surface area contributed by atoms with Crippen molar-refractivity contribution in [2.45, 2.75) is 43.6 Å². The van der Waals surface area contributed by atoms with Gasteiger partial charge in [0.15, 0.2) is 0 Å². The predicted molar refractivity (Wildman–Crippen MR) is 78.8 cm³/mol. The fourth-order valence-corrected chi connectivity index (χ4v) is 2.88. The highest BCUT2D eigenvalue weighted by molar-refractivity contribution is 5.92. The van der Waals surface area contributed by atoms with Crippen molar-refractivity contribution < 1.29 is 14.7 Å². The van der Waals surface area contributed by atoms with E-state index >= 15 is 0 Å². The van der Waals surface area contributed by atoms with Gasteiger partial charge in [-0.1, -0.05) is 12.1 Å². The summed E-state index contributed by atoms with van der Waals surface area (Å²) in [5.74, 6) is -0.762. The van der Waals surface area contributed by atoms with Gasteiger partial charge in [0.2, 0.25) is 5.91 Å². The number of nitrogen functional groups attached to an aromatic ring is 1. The van der Waals surface area contributed by atoms with Crippen LogP contribution in [0.15, 0.2) is 24.3 Å². The van der Waals surface area contributed by atoms with E-state index in [1.54, 1.807) is 4.90 Å². The first-order valence-electron chi connectivity index (χ1n) is 7.42. The summed E-state index contributed by atoms with van der Waals surface area (Å²) in [4.78, 5) is 25.5. The van der Waals surface area contributed by atoms with Crippen molar-refractivity contribution in [3.05, 3.63) is 29.8 Å². The summed E-state index contributed by atoms with van der Waals surface area (Å²) < 4.78 is 0. The maximum absolute atomic E-state index is 12.9. The molecule has 3 N–H and O–H groups in total. The smallest absolute Gasteiger partial charge is 0.305 e. The minimum Gasteiger partial charge on any atom is -0.481 e. The van der Waals surface area contributed by atoms with Crippen LogP contribution in [0.3, 0.4) is 0 Å². The van der Waals surface area contributed by atoms with Crippen molar-refractivity contribution in [1.82, 2.24) is 4.90 Å². The van der Waals surface area contributed by atoms with E-state index in [0.29, 0.717) is 12.2 Å². The molecule has 1 aromatic carbocycles. The molecule has 5 heteroatoms. The van der Waals surface area contributed by atoms with E-state index in [1.165, 1.54) is 0 Å². The monoisotopic (exact) mass is 288 g/mol. The van der Waals surface area contributed by atoms with Gasteiger partial charge < -0.3 is 15.7 Å². The Kier molecular flexibility index (Phi) is 3.35. The lowest BCUT2D eigenvalue weighted by atomic mass is 9.94. The van der Waals surface area contributed by atoms with Gasteiger partial charge in [-0.05, 0) is 43.4 Å². The molecule has 0 aromatic heterocycles. The van der Waals surface area contributed by atoms with Crippen molar-refractivity contribution >= 4 is 17.6 Å². The Bertz CT molecular complexity index is 559. The molecule has 0 atom stereocenters. The Hall–Kier alpha value is -2.04. The van der Waals surface area contributed by atoms with Gasteiger partial charge in [0.05, 0.1) is 11.8 Å². The van der Waals surface area contributed by atoms with Crippen LogP contribution in [0, 0.1) is 0 Å². The van der Waals surface area contributed by atoms with Crippen LogP contribution >= 0.6 is 0 Å². The van der Waals surface area contributed by atoms with Gasteiger partial charge in [-0.3, -0.25) is 9.59 Å². The quantitative estimate of drug-likeness (QED) is 0.781. The Labute approximate surface area is 123 Å². The second kappa shape index (κ2) is 5.06. The number of carboxylic acids is 1. The number of nitrogens with two attached hydrogens (primary N) is 1. The number of carbonyl (C=O) groups excluding carboxylic acids is 1. The molecule has 5 nitrogen and oxygen atoms in total. The molecule has 0 saturated heterocycles. The first kappa shape index (κ1) is 13.9. The maximum Gasteiger partial charge on any atom is 0.305 e. The van der Waals surface area contributed by atoms with E-state index < -0.39 is 11.4 Å². The Balaban J connectivity index is 1.78. The normalized spacial score (nSPS) is 19.0. The van der Waals surface area contributed by atoms with Crippen LogP contribution in [0.1, 0.15) is 37.7 Å². The zero-order chi connectivity index (χ0) is 15.0. The molecule has 0 heterocycles. The molecule has 2 fully saturated rings. The molecule has 2 aliphatic rings. The van der Waals surface area contributed by atoms with Gasteiger partial charge >= 0.3 is 5.97 Å². The largest absolute Gasteiger partial charge is 0.481 e. The van der Waals surface area contributed by atoms with Crippen LogP contribution in [0.2, 0.25) is 0 Å². The van der Waals surface area contributed by atoms with Crippen molar-refractivity contribution in [2.24, 2.45) is 0 Å².